The fraction of sp³-hybridized carbons (Fsp3) is 0.409. The van der Waals surface area contributed by atoms with E-state index in [1.807, 2.05) is 65.0 Å². The molecule has 1 amide bonds. The Morgan fingerprint density at radius 1 is 0.929 bits per heavy atom. The van der Waals surface area contributed by atoms with Crippen molar-refractivity contribution in [3.05, 3.63) is 60.2 Å². The first-order valence-electron chi connectivity index (χ1n) is 9.45. The third kappa shape index (κ3) is 5.94. The van der Waals surface area contributed by atoms with Crippen molar-refractivity contribution in [3.8, 4) is 0 Å². The molecule has 0 saturated heterocycles. The van der Waals surface area contributed by atoms with Gasteiger partial charge in [0.2, 0.25) is 0 Å². The summed E-state index contributed by atoms with van der Waals surface area (Å²) < 4.78 is 27.1. The van der Waals surface area contributed by atoms with Crippen molar-refractivity contribution in [2.45, 2.75) is 56.4 Å². The van der Waals surface area contributed by atoms with E-state index in [0.29, 0.717) is 0 Å². The Hall–Kier alpha value is -1.62. The standard InChI is InChI=1S/C22H29NO3SSe/c1-16(2)23(17(3)4)22(24)21(28-20-9-7-6-8-10-20)15-27(25,26)19-13-11-18(5)12-14-19/h6-14,16-17,21H,15H2,1-5H3. The van der Waals surface area contributed by atoms with Gasteiger partial charge >= 0.3 is 176 Å². The van der Waals surface area contributed by atoms with Gasteiger partial charge in [-0.15, -0.1) is 0 Å². The second-order valence-corrected chi connectivity index (χ2v) is 12.2. The molecule has 0 aliphatic carbocycles. The van der Waals surface area contributed by atoms with Crippen molar-refractivity contribution >= 4 is 35.2 Å². The first-order chi connectivity index (χ1) is 13.1. The summed E-state index contributed by atoms with van der Waals surface area (Å²) in [7, 11) is -3.56. The third-order valence-electron chi connectivity index (χ3n) is 4.42. The molecule has 2 aromatic rings. The van der Waals surface area contributed by atoms with Crippen LogP contribution in [0.4, 0.5) is 0 Å². The van der Waals surface area contributed by atoms with Crippen LogP contribution in [-0.4, -0.2) is 52.0 Å². The molecule has 2 rings (SSSR count). The molecule has 28 heavy (non-hydrogen) atoms. The zero-order valence-electron chi connectivity index (χ0n) is 17.1. The van der Waals surface area contributed by atoms with Gasteiger partial charge < -0.3 is 0 Å². The van der Waals surface area contributed by atoms with E-state index in [1.165, 1.54) is 0 Å². The molecule has 152 valence electrons. The summed E-state index contributed by atoms with van der Waals surface area (Å²) in [5, 5.41) is 0. The number of hydrogen-bond donors (Lipinski definition) is 0. The van der Waals surface area contributed by atoms with E-state index in [0.717, 1.165) is 10.0 Å². The van der Waals surface area contributed by atoms with Crippen molar-refractivity contribution in [2.75, 3.05) is 5.75 Å². The molecule has 0 fully saturated rings. The summed E-state index contributed by atoms with van der Waals surface area (Å²) >= 11 is -0.280. The van der Waals surface area contributed by atoms with E-state index < -0.39 is 14.7 Å². The molecule has 2 aromatic carbocycles. The molecule has 6 heteroatoms. The number of carbonyl (C=O) groups is 1. The predicted octanol–water partition coefficient (Wildman–Crippen LogP) is 3.23. The minimum atomic E-state index is -3.56. The third-order valence-corrected chi connectivity index (χ3v) is 9.17. The van der Waals surface area contributed by atoms with E-state index in [9.17, 15) is 13.2 Å². The second-order valence-electron chi connectivity index (χ2n) is 7.45. The summed E-state index contributed by atoms with van der Waals surface area (Å²) in [4.78, 5) is 14.9. The van der Waals surface area contributed by atoms with E-state index in [1.54, 1.807) is 29.2 Å². The Kier molecular flexibility index (Phi) is 7.87. The van der Waals surface area contributed by atoms with Crippen LogP contribution in [0, 0.1) is 6.92 Å². The molecule has 0 aliphatic rings. The molecule has 1 unspecified atom stereocenters. The van der Waals surface area contributed by atoms with Crippen LogP contribution in [0.1, 0.15) is 33.3 Å². The van der Waals surface area contributed by atoms with Gasteiger partial charge in [0, 0.05) is 0 Å². The van der Waals surface area contributed by atoms with Crippen LogP contribution in [0.15, 0.2) is 59.5 Å². The molecular weight excluding hydrogens is 437 g/mol. The van der Waals surface area contributed by atoms with Crippen molar-refractivity contribution in [1.29, 1.82) is 0 Å². The fourth-order valence-electron chi connectivity index (χ4n) is 3.13. The summed E-state index contributed by atoms with van der Waals surface area (Å²) in [6.07, 6.45) is 0. The summed E-state index contributed by atoms with van der Waals surface area (Å²) in [5.74, 6) is -0.246. The normalized spacial score (nSPS) is 13.0. The number of benzene rings is 2. The van der Waals surface area contributed by atoms with Gasteiger partial charge in [0.05, 0.1) is 0 Å². The van der Waals surface area contributed by atoms with Crippen molar-refractivity contribution in [2.24, 2.45) is 0 Å². The summed E-state index contributed by atoms with van der Waals surface area (Å²) in [6, 6.07) is 16.6. The van der Waals surface area contributed by atoms with Crippen molar-refractivity contribution in [1.82, 2.24) is 4.90 Å². The molecule has 1 atom stereocenters. The van der Waals surface area contributed by atoms with Gasteiger partial charge in [0.25, 0.3) is 0 Å². The van der Waals surface area contributed by atoms with Gasteiger partial charge in [-0.3, -0.25) is 0 Å². The zero-order chi connectivity index (χ0) is 20.9. The van der Waals surface area contributed by atoms with Gasteiger partial charge in [-0.1, -0.05) is 0 Å². The molecule has 0 aliphatic heterocycles. The number of carbonyl (C=O) groups excluding carboxylic acids is 1. The van der Waals surface area contributed by atoms with Crippen LogP contribution in [-0.2, 0) is 14.6 Å². The maximum absolute atomic E-state index is 13.4. The Labute approximate surface area is 175 Å². The fourth-order valence-corrected chi connectivity index (χ4v) is 7.86. The Balaban J connectivity index is 2.37. The number of aryl methyl sites for hydroxylation is 1. The summed E-state index contributed by atoms with van der Waals surface area (Å²) in [5.41, 5.74) is 1.01. The molecule has 0 aromatic heterocycles. The van der Waals surface area contributed by atoms with Gasteiger partial charge in [-0.2, -0.15) is 0 Å². The molecule has 0 bridgehead atoms. The van der Waals surface area contributed by atoms with Crippen LogP contribution in [0.2, 0.25) is 4.82 Å². The monoisotopic (exact) mass is 467 g/mol. The van der Waals surface area contributed by atoms with Crippen LogP contribution < -0.4 is 4.46 Å². The van der Waals surface area contributed by atoms with Crippen LogP contribution in [0.3, 0.4) is 0 Å². The predicted molar refractivity (Wildman–Crippen MR) is 116 cm³/mol. The maximum atomic E-state index is 13.4. The van der Waals surface area contributed by atoms with Crippen LogP contribution in [0.25, 0.3) is 0 Å². The molecule has 0 N–H and O–H groups in total. The molecule has 0 saturated carbocycles. The Bertz CT molecular complexity index is 870. The number of nitrogens with zero attached hydrogens (tertiary/aromatic N) is 1. The van der Waals surface area contributed by atoms with E-state index in [4.69, 9.17) is 0 Å². The van der Waals surface area contributed by atoms with Crippen molar-refractivity contribution in [3.63, 3.8) is 0 Å². The first kappa shape index (κ1) is 22.7. The summed E-state index contributed by atoms with van der Waals surface area (Å²) in [6.45, 7) is 9.81. The van der Waals surface area contributed by atoms with Crippen LogP contribution in [0.5, 0.6) is 0 Å². The zero-order valence-corrected chi connectivity index (χ0v) is 19.7. The number of rotatable bonds is 8. The minimum absolute atomic E-state index is 0.0173. The molecule has 0 radical (unpaired) electrons. The Morgan fingerprint density at radius 3 is 1.96 bits per heavy atom. The van der Waals surface area contributed by atoms with Crippen LogP contribution >= 0.6 is 0 Å². The van der Waals surface area contributed by atoms with E-state index in [2.05, 4.69) is 0 Å². The number of sulfone groups is 1. The SMILES string of the molecule is Cc1ccc(S(=O)(=O)CC([Se]c2ccccc2)C(=O)N(C(C)C)C(C)C)cc1. The van der Waals surface area contributed by atoms with E-state index in [-0.39, 0.29) is 43.6 Å². The second kappa shape index (κ2) is 9.73. The quantitative estimate of drug-likeness (QED) is 0.562. The van der Waals surface area contributed by atoms with Gasteiger partial charge in [0.1, 0.15) is 0 Å². The Morgan fingerprint density at radius 2 is 1.46 bits per heavy atom. The van der Waals surface area contributed by atoms with E-state index >= 15 is 0 Å². The number of hydrogen-bond acceptors (Lipinski definition) is 3. The topological polar surface area (TPSA) is 54.5 Å². The van der Waals surface area contributed by atoms with Gasteiger partial charge in [-0.25, -0.2) is 0 Å². The molecule has 4 nitrogen and oxygen atoms in total. The van der Waals surface area contributed by atoms with Gasteiger partial charge in [-0.05, 0) is 0 Å². The molecule has 0 spiro atoms. The average Bonchev–Trinajstić information content (AvgIpc) is 2.61. The number of amides is 1. The first-order valence-corrected chi connectivity index (χ1v) is 12.9. The average molecular weight is 467 g/mol. The molecular formula is C22H29NO3SSe. The molecule has 0 heterocycles. The van der Waals surface area contributed by atoms with Crippen molar-refractivity contribution < 1.29 is 13.2 Å². The van der Waals surface area contributed by atoms with Gasteiger partial charge in [0.15, 0.2) is 0 Å².